The van der Waals surface area contributed by atoms with Crippen LogP contribution in [0.3, 0.4) is 0 Å². The molecule has 1 aromatic heterocycles. The second-order valence-corrected chi connectivity index (χ2v) is 7.52. The van der Waals surface area contributed by atoms with E-state index in [1.807, 2.05) is 0 Å². The molecule has 168 valence electrons. The van der Waals surface area contributed by atoms with Gasteiger partial charge in [0.15, 0.2) is 0 Å². The van der Waals surface area contributed by atoms with Crippen LogP contribution in [0.5, 0.6) is 11.5 Å². The summed E-state index contributed by atoms with van der Waals surface area (Å²) in [4.78, 5) is 0. The molecular weight excluding hydrogens is 426 g/mol. The monoisotopic (exact) mass is 476 g/mol. The van der Waals surface area contributed by atoms with Gasteiger partial charge in [-0.05, 0) is 53.4 Å². The van der Waals surface area contributed by atoms with Crippen molar-refractivity contribution >= 4 is 21.8 Å². The predicted molar refractivity (Wildman–Crippen MR) is 145 cm³/mol. The molecule has 0 unspecified atom stereocenters. The van der Waals surface area contributed by atoms with Crippen molar-refractivity contribution in [2.24, 2.45) is 0 Å². The third-order valence-electron chi connectivity index (χ3n) is 5.57. The SMILES string of the molecule is [2H]c1c([2H])c([2H])c(-n2c3c([2H])c([2H])c([2H])c([2H])c3c3c(-c4c([2H])c([2H])c5c(c4[2H])C(C([2H])([2H])[2H])(C([2H])([2H])[2H])c4c([2H])c([2H])c([2H])c([2H])c4O5)c([2H])c([2H])c([2H])c32)c([2H])c1[2H]. The maximum atomic E-state index is 9.62. The number of hydrogen-bond donors (Lipinski definition) is 0. The molecule has 7 rings (SSSR count). The van der Waals surface area contributed by atoms with Gasteiger partial charge < -0.3 is 9.30 Å². The molecule has 1 aliphatic rings. The minimum Gasteiger partial charge on any atom is -0.457 e. The Morgan fingerprint density at radius 3 is 2.31 bits per heavy atom. The molecule has 1 aliphatic heterocycles. The smallest absolute Gasteiger partial charge is 0.131 e. The van der Waals surface area contributed by atoms with Crippen LogP contribution in [0.25, 0.3) is 38.6 Å². The summed E-state index contributed by atoms with van der Waals surface area (Å²) in [7, 11) is 0. The number of ether oxygens (including phenoxy) is 1. The van der Waals surface area contributed by atoms with Crippen LogP contribution in [0.1, 0.15) is 59.1 Å². The van der Waals surface area contributed by atoms with Gasteiger partial charge in [-0.25, -0.2) is 0 Å². The number of nitrogens with zero attached hydrogens (tertiary/aromatic N) is 1. The van der Waals surface area contributed by atoms with Crippen LogP contribution < -0.4 is 4.74 Å². The lowest BCUT2D eigenvalue weighted by Gasteiger charge is -2.34. The van der Waals surface area contributed by atoms with Gasteiger partial charge in [0.1, 0.15) is 11.5 Å². The van der Waals surface area contributed by atoms with Crippen LogP contribution in [0.2, 0.25) is 0 Å². The Morgan fingerprint density at radius 2 is 1.43 bits per heavy atom. The fraction of sp³-hybridized carbons (Fsp3) is 0.0909. The van der Waals surface area contributed by atoms with Crippen molar-refractivity contribution in [3.63, 3.8) is 0 Å². The second kappa shape index (κ2) is 7.35. The van der Waals surface area contributed by atoms with Crippen molar-refractivity contribution < 1.29 is 39.0 Å². The lowest BCUT2D eigenvalue weighted by molar-refractivity contribution is 0.418. The van der Waals surface area contributed by atoms with E-state index in [0.29, 0.717) is 4.57 Å². The third kappa shape index (κ3) is 2.90. The van der Waals surface area contributed by atoms with Crippen LogP contribution in [0.15, 0.2) is 115 Å². The molecule has 0 amide bonds. The number of benzene rings is 5. The molecule has 0 saturated heterocycles. The highest BCUT2D eigenvalue weighted by Crippen LogP contribution is 2.49. The van der Waals surface area contributed by atoms with E-state index in [1.165, 1.54) is 0 Å². The van der Waals surface area contributed by atoms with Crippen LogP contribution in [0.4, 0.5) is 0 Å². The van der Waals surface area contributed by atoms with E-state index in [4.69, 9.17) is 34.9 Å². The summed E-state index contributed by atoms with van der Waals surface area (Å²) in [6.45, 7) is -7.79. The third-order valence-corrected chi connectivity index (χ3v) is 5.57. The molecule has 0 atom stereocenters. The van der Waals surface area contributed by atoms with E-state index < -0.39 is 195 Å². The topological polar surface area (TPSA) is 14.2 Å². The Kier molecular flexibility index (Phi) is 1.49. The maximum Gasteiger partial charge on any atom is 0.131 e. The van der Waals surface area contributed by atoms with Gasteiger partial charge in [-0.2, -0.15) is 0 Å². The number of rotatable bonds is 2. The fourth-order valence-corrected chi connectivity index (χ4v) is 4.07. The summed E-state index contributed by atoms with van der Waals surface area (Å²) in [5.41, 5.74) is -10.1. The standard InChI is InChI=1S/C33H25NO/c1-33(2)26-15-7-9-18-30(26)35-31-20-19-22(21-27(31)33)24-14-10-17-29-32(24)25-13-6-8-16-28(25)34(29)23-11-4-3-5-12-23/h3-21H,1-2H3/i1D3,2D3,3D,4D,5D,6D,7D,8D,9D,10D,11D,12D,13D,14D,15D,16D,17D,18D,19D,20D,21D. The van der Waals surface area contributed by atoms with Crippen molar-refractivity contribution in [3.8, 4) is 28.3 Å². The summed E-state index contributed by atoms with van der Waals surface area (Å²) in [5, 5.41) is -1.32. The summed E-state index contributed by atoms with van der Waals surface area (Å²) in [6.07, 6.45) is 0. The van der Waals surface area contributed by atoms with Crippen molar-refractivity contribution in [1.82, 2.24) is 4.57 Å². The molecule has 2 heterocycles. The average molecular weight is 477 g/mol. The number of para-hydroxylation sites is 3. The van der Waals surface area contributed by atoms with Gasteiger partial charge in [0.05, 0.1) is 37.1 Å². The number of fused-ring (bicyclic) bond motifs is 5. The molecule has 0 saturated carbocycles. The first-order chi connectivity index (χ1) is 27.5. The maximum absolute atomic E-state index is 9.62. The lowest BCUT2D eigenvalue weighted by Crippen LogP contribution is -2.24. The zero-order valence-electron chi connectivity index (χ0n) is 42.4. The first kappa shape index (κ1) is 7.11. The molecule has 35 heavy (non-hydrogen) atoms. The predicted octanol–water partition coefficient (Wildman–Crippen LogP) is 8.88. The summed E-state index contributed by atoms with van der Waals surface area (Å²) < 4.78 is 225. The zero-order valence-corrected chi connectivity index (χ0v) is 17.4. The van der Waals surface area contributed by atoms with Crippen molar-refractivity contribution in [3.05, 3.63) is 126 Å². The molecule has 0 fully saturated rings. The van der Waals surface area contributed by atoms with E-state index in [9.17, 15) is 4.11 Å². The molecule has 0 radical (unpaired) electrons. The van der Waals surface area contributed by atoms with Gasteiger partial charge in [0.25, 0.3) is 0 Å². The van der Waals surface area contributed by atoms with Gasteiger partial charge in [0, 0.05) is 41.2 Å². The van der Waals surface area contributed by atoms with Gasteiger partial charge >= 0.3 is 0 Å². The van der Waals surface area contributed by atoms with Crippen molar-refractivity contribution in [2.75, 3.05) is 0 Å². The van der Waals surface area contributed by atoms with Crippen LogP contribution >= 0.6 is 0 Å². The first-order valence-electron chi connectivity index (χ1n) is 22.6. The summed E-state index contributed by atoms with van der Waals surface area (Å²) >= 11 is 0. The van der Waals surface area contributed by atoms with Crippen LogP contribution in [-0.4, -0.2) is 4.57 Å². The lowest BCUT2D eigenvalue weighted by atomic mass is 9.75. The Labute approximate surface area is 240 Å². The number of aromatic nitrogens is 1. The molecular formula is C33H25NO. The van der Waals surface area contributed by atoms with E-state index in [-0.39, 0.29) is 0 Å². The molecule has 0 N–H and O–H groups in total. The number of hydrogen-bond acceptors (Lipinski definition) is 1. The Balaban J connectivity index is 1.83. The highest BCUT2D eigenvalue weighted by atomic mass is 16.5. The van der Waals surface area contributed by atoms with Crippen LogP contribution in [-0.2, 0) is 5.41 Å². The molecule has 2 heteroatoms. The molecule has 0 bridgehead atoms. The average Bonchev–Trinajstić information content (AvgIpc) is 3.52. The molecule has 0 aliphatic carbocycles. The molecule has 5 aromatic carbocycles. The molecule has 6 aromatic rings. The molecule has 0 spiro atoms. The summed E-state index contributed by atoms with van der Waals surface area (Å²) in [5.74, 6) is -2.11. The van der Waals surface area contributed by atoms with Crippen LogP contribution in [0, 0.1) is 0 Å². The zero-order chi connectivity index (χ0) is 45.1. The highest BCUT2D eigenvalue weighted by molar-refractivity contribution is 6.15. The van der Waals surface area contributed by atoms with Gasteiger partial charge in [-0.3, -0.25) is 0 Å². The first-order valence-corrected chi connectivity index (χ1v) is 10.1. The minimum atomic E-state index is -3.90. The van der Waals surface area contributed by atoms with Gasteiger partial charge in [-0.1, -0.05) is 86.2 Å². The summed E-state index contributed by atoms with van der Waals surface area (Å²) in [6, 6.07) is -19.3. The highest BCUT2D eigenvalue weighted by Gasteiger charge is 2.34. The Hall–Kier alpha value is -4.30. The van der Waals surface area contributed by atoms with Gasteiger partial charge in [-0.15, -0.1) is 0 Å². The minimum absolute atomic E-state index is 0.642. The quantitative estimate of drug-likeness (QED) is 0.243. The Bertz CT molecular complexity index is 2930. The van der Waals surface area contributed by atoms with E-state index in [0.717, 1.165) is 0 Å². The van der Waals surface area contributed by atoms with Crippen molar-refractivity contribution in [2.45, 2.75) is 19.1 Å². The Morgan fingerprint density at radius 1 is 0.686 bits per heavy atom. The normalized spacial score (nSPS) is 24.7. The van der Waals surface area contributed by atoms with E-state index in [2.05, 4.69) is 0 Å². The largest absolute Gasteiger partial charge is 0.457 e. The van der Waals surface area contributed by atoms with Crippen molar-refractivity contribution in [1.29, 1.82) is 0 Å². The van der Waals surface area contributed by atoms with E-state index in [1.54, 1.807) is 0 Å². The fourth-order valence-electron chi connectivity index (χ4n) is 4.07. The molecule has 2 nitrogen and oxygen atoms in total. The van der Waals surface area contributed by atoms with Gasteiger partial charge in [0.2, 0.25) is 0 Å². The van der Waals surface area contributed by atoms with E-state index >= 15 is 0 Å². The second-order valence-electron chi connectivity index (χ2n) is 7.52.